The van der Waals surface area contributed by atoms with Crippen molar-refractivity contribution >= 4 is 35.4 Å². The smallest absolute Gasteiger partial charge is 0.307 e. The first-order valence-electron chi connectivity index (χ1n) is 3.99. The number of nitro groups is 1. The number of hydrogen-bond acceptors (Lipinski definition) is 4. The minimum Gasteiger partial charge on any atom is -0.307 e. The van der Waals surface area contributed by atoms with Crippen LogP contribution in [-0.2, 0) is 4.79 Å². The fraction of sp³-hybridized carbons (Fsp3) is 0. The number of nitrogens with one attached hydrogen (secondary N) is 2. The first-order chi connectivity index (χ1) is 7.54. The molecule has 0 aliphatic rings. The predicted octanol–water partition coefficient (Wildman–Crippen LogP) is 1.53. The van der Waals surface area contributed by atoms with E-state index in [1.165, 1.54) is 12.1 Å². The van der Waals surface area contributed by atoms with E-state index in [9.17, 15) is 19.7 Å². The van der Waals surface area contributed by atoms with Crippen molar-refractivity contribution in [2.45, 2.75) is 0 Å². The molecule has 0 bridgehead atoms. The van der Waals surface area contributed by atoms with Crippen LogP contribution in [0.2, 0.25) is 5.02 Å². The van der Waals surface area contributed by atoms with E-state index in [1.54, 1.807) is 0 Å². The molecule has 2 N–H and O–H groups in total. The Kier molecular flexibility index (Phi) is 3.78. The van der Waals surface area contributed by atoms with Gasteiger partial charge in [-0.15, -0.1) is 0 Å². The number of nitrogens with zero attached hydrogens (tertiary/aromatic N) is 1. The summed E-state index contributed by atoms with van der Waals surface area (Å²) in [6.07, 6.45) is 0.194. The maximum Gasteiger partial charge on any atom is 0.325 e. The predicted molar refractivity (Wildman–Crippen MR) is 56.3 cm³/mol. The van der Waals surface area contributed by atoms with Gasteiger partial charge in [0.15, 0.2) is 0 Å². The Morgan fingerprint density at radius 1 is 1.50 bits per heavy atom. The zero-order valence-corrected chi connectivity index (χ0v) is 8.52. The van der Waals surface area contributed by atoms with Crippen molar-refractivity contribution < 1.29 is 14.5 Å². The van der Waals surface area contributed by atoms with Gasteiger partial charge in [0.25, 0.3) is 5.69 Å². The number of rotatable bonds is 3. The standard InChI is InChI=1S/C8H6ClN3O4/c9-6-2-1-5(3-7(6)12(15)16)11-8(14)10-4-13/h1-4H,(H2,10,11,13,14). The summed E-state index contributed by atoms with van der Waals surface area (Å²) >= 11 is 5.56. The maximum absolute atomic E-state index is 10.9. The van der Waals surface area contributed by atoms with Crippen molar-refractivity contribution in [2.75, 3.05) is 5.32 Å². The molecule has 0 aliphatic heterocycles. The van der Waals surface area contributed by atoms with E-state index in [4.69, 9.17) is 11.6 Å². The third-order valence-electron chi connectivity index (χ3n) is 1.59. The summed E-state index contributed by atoms with van der Waals surface area (Å²) in [6, 6.07) is 2.95. The lowest BCUT2D eigenvalue weighted by molar-refractivity contribution is -0.384. The largest absolute Gasteiger partial charge is 0.325 e. The molecule has 0 fully saturated rings. The number of imide groups is 1. The Hall–Kier alpha value is -2.15. The monoisotopic (exact) mass is 243 g/mol. The molecule has 3 amide bonds. The topological polar surface area (TPSA) is 101 Å². The molecule has 0 unspecified atom stereocenters. The Balaban J connectivity index is 2.90. The van der Waals surface area contributed by atoms with Crippen LogP contribution in [-0.4, -0.2) is 17.4 Å². The average Bonchev–Trinajstić information content (AvgIpc) is 2.21. The molecule has 1 aromatic rings. The number of carbonyl (C=O) groups excluding carboxylic acids is 2. The Bertz CT molecular complexity index is 449. The van der Waals surface area contributed by atoms with Gasteiger partial charge in [-0.2, -0.15) is 0 Å². The number of hydrogen-bond donors (Lipinski definition) is 2. The third kappa shape index (κ3) is 2.92. The number of amides is 3. The van der Waals surface area contributed by atoms with Crippen LogP contribution in [0.1, 0.15) is 0 Å². The van der Waals surface area contributed by atoms with Crippen LogP contribution < -0.4 is 10.6 Å². The molecule has 0 aliphatic carbocycles. The van der Waals surface area contributed by atoms with Crippen LogP contribution >= 0.6 is 11.6 Å². The number of halogens is 1. The van der Waals surface area contributed by atoms with Gasteiger partial charge in [-0.25, -0.2) is 4.79 Å². The quantitative estimate of drug-likeness (QED) is 0.477. The van der Waals surface area contributed by atoms with Crippen molar-refractivity contribution in [1.82, 2.24) is 5.32 Å². The average molecular weight is 244 g/mol. The second kappa shape index (κ2) is 5.08. The van der Waals surface area contributed by atoms with Crippen LogP contribution in [0, 0.1) is 10.1 Å². The lowest BCUT2D eigenvalue weighted by atomic mass is 10.3. The SMILES string of the molecule is O=CNC(=O)Nc1ccc(Cl)c([N+](=O)[O-])c1. The van der Waals surface area contributed by atoms with Gasteiger partial charge in [0.05, 0.1) is 4.92 Å². The molecule has 16 heavy (non-hydrogen) atoms. The van der Waals surface area contributed by atoms with Crippen LogP contribution in [0.3, 0.4) is 0 Å². The van der Waals surface area contributed by atoms with Crippen LogP contribution in [0.15, 0.2) is 18.2 Å². The molecule has 0 heterocycles. The van der Waals surface area contributed by atoms with Gasteiger partial charge in [-0.05, 0) is 12.1 Å². The molecule has 7 nitrogen and oxygen atoms in total. The minimum absolute atomic E-state index is 0.0358. The second-order valence-electron chi connectivity index (χ2n) is 2.64. The van der Waals surface area contributed by atoms with Gasteiger partial charge in [0.1, 0.15) is 5.02 Å². The maximum atomic E-state index is 10.9. The van der Waals surface area contributed by atoms with Crippen LogP contribution in [0.5, 0.6) is 0 Å². The first-order valence-corrected chi connectivity index (χ1v) is 4.37. The summed E-state index contributed by atoms with van der Waals surface area (Å²) in [5.41, 5.74) is -0.166. The van der Waals surface area contributed by atoms with Gasteiger partial charge in [0, 0.05) is 11.8 Å². The molecule has 1 rings (SSSR count). The van der Waals surface area contributed by atoms with Crippen molar-refractivity contribution in [3.05, 3.63) is 33.3 Å². The Labute approximate surface area is 94.5 Å². The number of urea groups is 1. The molecule has 0 saturated heterocycles. The van der Waals surface area contributed by atoms with Crippen molar-refractivity contribution in [1.29, 1.82) is 0 Å². The molecular weight excluding hydrogens is 238 g/mol. The number of nitro benzene ring substituents is 1. The third-order valence-corrected chi connectivity index (χ3v) is 1.91. The molecule has 1 aromatic carbocycles. The van der Waals surface area contributed by atoms with Gasteiger partial charge >= 0.3 is 6.03 Å². The molecule has 0 saturated carbocycles. The highest BCUT2D eigenvalue weighted by molar-refractivity contribution is 6.32. The summed E-state index contributed by atoms with van der Waals surface area (Å²) in [7, 11) is 0. The van der Waals surface area contributed by atoms with Crippen molar-refractivity contribution in [3.8, 4) is 0 Å². The van der Waals surface area contributed by atoms with Gasteiger partial charge in [0.2, 0.25) is 6.41 Å². The van der Waals surface area contributed by atoms with E-state index >= 15 is 0 Å². The molecular formula is C8H6ClN3O4. The minimum atomic E-state index is -0.786. The summed E-state index contributed by atoms with van der Waals surface area (Å²) < 4.78 is 0. The summed E-state index contributed by atoms with van der Waals surface area (Å²) in [5.74, 6) is 0. The van der Waals surface area contributed by atoms with Gasteiger partial charge in [-0.3, -0.25) is 20.2 Å². The van der Waals surface area contributed by atoms with E-state index in [1.807, 2.05) is 5.32 Å². The Morgan fingerprint density at radius 2 is 2.19 bits per heavy atom. The lowest BCUT2D eigenvalue weighted by Gasteiger charge is -2.03. The van der Waals surface area contributed by atoms with Crippen molar-refractivity contribution in [2.24, 2.45) is 0 Å². The van der Waals surface area contributed by atoms with E-state index in [2.05, 4.69) is 5.32 Å². The molecule has 0 aromatic heterocycles. The van der Waals surface area contributed by atoms with Crippen LogP contribution in [0.25, 0.3) is 0 Å². The summed E-state index contributed by atoms with van der Waals surface area (Å²) in [4.78, 5) is 30.7. The zero-order valence-electron chi connectivity index (χ0n) is 7.77. The van der Waals surface area contributed by atoms with Crippen LogP contribution in [0.4, 0.5) is 16.2 Å². The van der Waals surface area contributed by atoms with Crippen molar-refractivity contribution in [3.63, 3.8) is 0 Å². The first kappa shape index (κ1) is 11.9. The number of carbonyl (C=O) groups is 2. The molecule has 8 heteroatoms. The number of benzene rings is 1. The zero-order chi connectivity index (χ0) is 12.1. The van der Waals surface area contributed by atoms with E-state index in [-0.39, 0.29) is 22.8 Å². The Morgan fingerprint density at radius 3 is 2.75 bits per heavy atom. The highest BCUT2D eigenvalue weighted by Gasteiger charge is 2.13. The molecule has 0 radical (unpaired) electrons. The fourth-order valence-electron chi connectivity index (χ4n) is 0.951. The van der Waals surface area contributed by atoms with E-state index in [0.29, 0.717) is 0 Å². The van der Waals surface area contributed by atoms with E-state index < -0.39 is 11.0 Å². The molecule has 84 valence electrons. The highest BCUT2D eigenvalue weighted by atomic mass is 35.5. The number of anilines is 1. The summed E-state index contributed by atoms with van der Waals surface area (Å²) in [5, 5.41) is 14.5. The highest BCUT2D eigenvalue weighted by Crippen LogP contribution is 2.27. The molecule has 0 spiro atoms. The van der Waals surface area contributed by atoms with E-state index in [0.717, 1.165) is 6.07 Å². The second-order valence-corrected chi connectivity index (χ2v) is 3.05. The fourth-order valence-corrected chi connectivity index (χ4v) is 1.14. The lowest BCUT2D eigenvalue weighted by Crippen LogP contribution is -2.27. The van der Waals surface area contributed by atoms with Gasteiger partial charge in [-0.1, -0.05) is 11.6 Å². The normalized spacial score (nSPS) is 9.31. The summed E-state index contributed by atoms with van der Waals surface area (Å²) in [6.45, 7) is 0. The molecule has 0 atom stereocenters. The van der Waals surface area contributed by atoms with Gasteiger partial charge < -0.3 is 5.32 Å².